The van der Waals surface area contributed by atoms with E-state index >= 15 is 0 Å². The van der Waals surface area contributed by atoms with Crippen LogP contribution < -0.4 is 5.32 Å². The van der Waals surface area contributed by atoms with Crippen LogP contribution in [0.5, 0.6) is 0 Å². The van der Waals surface area contributed by atoms with Crippen molar-refractivity contribution in [3.05, 3.63) is 0 Å². The minimum Gasteiger partial charge on any atom is -0.369 e. The second-order valence-corrected chi connectivity index (χ2v) is 5.45. The molecule has 0 heterocycles. The van der Waals surface area contributed by atoms with Crippen LogP contribution in [0, 0.1) is 17.2 Å². The van der Waals surface area contributed by atoms with Crippen molar-refractivity contribution in [1.29, 1.82) is 5.26 Å². The van der Waals surface area contributed by atoms with E-state index < -0.39 is 5.54 Å². The largest absolute Gasteiger partial charge is 0.369 e. The van der Waals surface area contributed by atoms with Gasteiger partial charge in [0.25, 0.3) is 0 Å². The molecule has 0 unspecified atom stereocenters. The van der Waals surface area contributed by atoms with Crippen LogP contribution >= 0.6 is 0 Å². The Morgan fingerprint density at radius 1 is 1.50 bits per heavy atom. The lowest BCUT2D eigenvalue weighted by Crippen LogP contribution is -2.50. The first-order valence-corrected chi connectivity index (χ1v) is 6.85. The second kappa shape index (κ2) is 6.75. The SMILES string of the molecule is CCC1CCC(C#N)(NC(=O)COC(C)C)CC1. The Morgan fingerprint density at radius 3 is 2.56 bits per heavy atom. The highest BCUT2D eigenvalue weighted by atomic mass is 16.5. The first-order valence-electron chi connectivity index (χ1n) is 6.85. The van der Waals surface area contributed by atoms with E-state index in [0.717, 1.165) is 32.1 Å². The van der Waals surface area contributed by atoms with Crippen LogP contribution in [0.3, 0.4) is 0 Å². The molecule has 1 amide bonds. The zero-order chi connectivity index (χ0) is 13.6. The highest BCUT2D eigenvalue weighted by Gasteiger charge is 2.36. The summed E-state index contributed by atoms with van der Waals surface area (Å²) >= 11 is 0. The molecule has 4 nitrogen and oxygen atoms in total. The van der Waals surface area contributed by atoms with E-state index in [1.165, 1.54) is 0 Å². The fourth-order valence-corrected chi connectivity index (χ4v) is 2.39. The normalized spacial score (nSPS) is 27.8. The lowest BCUT2D eigenvalue weighted by atomic mass is 9.76. The van der Waals surface area contributed by atoms with Crippen LogP contribution in [0.25, 0.3) is 0 Å². The first kappa shape index (κ1) is 15.0. The molecule has 1 saturated carbocycles. The monoisotopic (exact) mass is 252 g/mol. The zero-order valence-electron chi connectivity index (χ0n) is 11.7. The maximum Gasteiger partial charge on any atom is 0.247 e. The van der Waals surface area contributed by atoms with E-state index in [-0.39, 0.29) is 18.6 Å². The third-order valence-corrected chi connectivity index (χ3v) is 3.68. The zero-order valence-corrected chi connectivity index (χ0v) is 11.7. The van der Waals surface area contributed by atoms with Gasteiger partial charge in [0, 0.05) is 0 Å². The second-order valence-electron chi connectivity index (χ2n) is 5.45. The van der Waals surface area contributed by atoms with Gasteiger partial charge < -0.3 is 10.1 Å². The number of nitriles is 1. The third-order valence-electron chi connectivity index (χ3n) is 3.68. The van der Waals surface area contributed by atoms with Crippen molar-refractivity contribution in [2.24, 2.45) is 5.92 Å². The van der Waals surface area contributed by atoms with Crippen LogP contribution in [0.1, 0.15) is 52.9 Å². The number of nitrogens with one attached hydrogen (secondary N) is 1. The van der Waals surface area contributed by atoms with Crippen LogP contribution in [0.4, 0.5) is 0 Å². The summed E-state index contributed by atoms with van der Waals surface area (Å²) in [5.41, 5.74) is -0.664. The molecule has 0 saturated heterocycles. The van der Waals surface area contributed by atoms with Crippen molar-refractivity contribution in [1.82, 2.24) is 5.32 Å². The number of rotatable bonds is 5. The van der Waals surface area contributed by atoms with Crippen LogP contribution in [-0.2, 0) is 9.53 Å². The summed E-state index contributed by atoms with van der Waals surface area (Å²) in [6.45, 7) is 6.00. The van der Waals surface area contributed by atoms with E-state index in [1.54, 1.807) is 0 Å². The number of hydrogen-bond acceptors (Lipinski definition) is 3. The Kier molecular flexibility index (Phi) is 5.61. The van der Waals surface area contributed by atoms with Gasteiger partial charge in [-0.15, -0.1) is 0 Å². The summed E-state index contributed by atoms with van der Waals surface area (Å²) in [7, 11) is 0. The number of ether oxygens (including phenoxy) is 1. The molecule has 0 aromatic carbocycles. The fourth-order valence-electron chi connectivity index (χ4n) is 2.39. The number of carbonyl (C=O) groups excluding carboxylic acids is 1. The molecule has 0 radical (unpaired) electrons. The van der Waals surface area contributed by atoms with Crippen LogP contribution in [0.2, 0.25) is 0 Å². The average molecular weight is 252 g/mol. The molecule has 102 valence electrons. The predicted molar refractivity (Wildman–Crippen MR) is 69.8 cm³/mol. The third kappa shape index (κ3) is 4.30. The van der Waals surface area contributed by atoms with Gasteiger partial charge in [-0.1, -0.05) is 13.3 Å². The van der Waals surface area contributed by atoms with Crippen molar-refractivity contribution < 1.29 is 9.53 Å². The molecule has 0 aliphatic heterocycles. The number of nitrogens with zero attached hydrogens (tertiary/aromatic N) is 1. The van der Waals surface area contributed by atoms with Gasteiger partial charge in [-0.05, 0) is 45.4 Å². The highest BCUT2D eigenvalue weighted by Crippen LogP contribution is 2.33. The Hall–Kier alpha value is -1.08. The lowest BCUT2D eigenvalue weighted by molar-refractivity contribution is -0.128. The molecule has 0 bridgehead atoms. The first-order chi connectivity index (χ1) is 8.51. The van der Waals surface area contributed by atoms with Gasteiger partial charge in [-0.2, -0.15) is 5.26 Å². The fraction of sp³-hybridized carbons (Fsp3) is 0.857. The minimum absolute atomic E-state index is 0.0320. The molecule has 0 spiro atoms. The van der Waals surface area contributed by atoms with Gasteiger partial charge in [0.2, 0.25) is 5.91 Å². The molecule has 1 aliphatic carbocycles. The molecule has 1 rings (SSSR count). The molecule has 1 N–H and O–H groups in total. The average Bonchev–Trinajstić information content (AvgIpc) is 2.37. The molecule has 0 aromatic rings. The highest BCUT2D eigenvalue weighted by molar-refractivity contribution is 5.78. The Labute approximate surface area is 110 Å². The maximum atomic E-state index is 11.7. The van der Waals surface area contributed by atoms with Crippen molar-refractivity contribution in [3.63, 3.8) is 0 Å². The molecule has 0 aromatic heterocycles. The van der Waals surface area contributed by atoms with Crippen LogP contribution in [0.15, 0.2) is 0 Å². The molecule has 1 fully saturated rings. The summed E-state index contributed by atoms with van der Waals surface area (Å²) in [6, 6.07) is 2.29. The van der Waals surface area contributed by atoms with Gasteiger partial charge in [0.05, 0.1) is 12.2 Å². The predicted octanol–water partition coefficient (Wildman–Crippen LogP) is 2.39. The summed E-state index contributed by atoms with van der Waals surface area (Å²) in [4.78, 5) is 11.7. The van der Waals surface area contributed by atoms with Crippen molar-refractivity contribution in [2.75, 3.05) is 6.61 Å². The quantitative estimate of drug-likeness (QED) is 0.817. The van der Waals surface area contributed by atoms with Gasteiger partial charge in [-0.3, -0.25) is 4.79 Å². The standard InChI is InChI=1S/C14H24N2O2/c1-4-12-5-7-14(10-15,8-6-12)16-13(17)9-18-11(2)3/h11-12H,4-9H2,1-3H3,(H,16,17). The Balaban J connectivity index is 2.47. The maximum absolute atomic E-state index is 11.7. The summed E-state index contributed by atoms with van der Waals surface area (Å²) in [5, 5.41) is 12.2. The lowest BCUT2D eigenvalue weighted by Gasteiger charge is -2.35. The van der Waals surface area contributed by atoms with Gasteiger partial charge in [-0.25, -0.2) is 0 Å². The topological polar surface area (TPSA) is 62.1 Å². The molecule has 1 aliphatic rings. The van der Waals surface area contributed by atoms with E-state index in [4.69, 9.17) is 4.74 Å². The smallest absolute Gasteiger partial charge is 0.247 e. The number of hydrogen-bond donors (Lipinski definition) is 1. The summed E-state index contributed by atoms with van der Waals surface area (Å²) in [5.74, 6) is 0.524. The minimum atomic E-state index is -0.664. The van der Waals surface area contributed by atoms with Crippen molar-refractivity contribution in [2.45, 2.75) is 64.5 Å². The van der Waals surface area contributed by atoms with Gasteiger partial charge in [0.15, 0.2) is 0 Å². The molecular formula is C14H24N2O2. The van der Waals surface area contributed by atoms with E-state index in [9.17, 15) is 10.1 Å². The Morgan fingerprint density at radius 2 is 2.11 bits per heavy atom. The van der Waals surface area contributed by atoms with E-state index in [2.05, 4.69) is 18.3 Å². The van der Waals surface area contributed by atoms with Crippen molar-refractivity contribution in [3.8, 4) is 6.07 Å². The number of amides is 1. The molecular weight excluding hydrogens is 228 g/mol. The van der Waals surface area contributed by atoms with Crippen LogP contribution in [-0.4, -0.2) is 24.2 Å². The number of carbonyl (C=O) groups is 1. The van der Waals surface area contributed by atoms with Gasteiger partial charge >= 0.3 is 0 Å². The summed E-state index contributed by atoms with van der Waals surface area (Å²) in [6.07, 6.45) is 4.76. The van der Waals surface area contributed by atoms with E-state index in [0.29, 0.717) is 5.92 Å². The molecule has 4 heteroatoms. The molecule has 0 atom stereocenters. The molecule has 18 heavy (non-hydrogen) atoms. The van der Waals surface area contributed by atoms with Gasteiger partial charge in [0.1, 0.15) is 12.1 Å². The summed E-state index contributed by atoms with van der Waals surface area (Å²) < 4.78 is 5.26. The van der Waals surface area contributed by atoms with Crippen molar-refractivity contribution >= 4 is 5.91 Å². The Bertz CT molecular complexity index is 312. The van der Waals surface area contributed by atoms with E-state index in [1.807, 2.05) is 13.8 Å².